The average molecular weight is 215 g/mol. The van der Waals surface area contributed by atoms with Crippen LogP contribution in [0.25, 0.3) is 0 Å². The Morgan fingerprint density at radius 3 is 3.07 bits per heavy atom. The van der Waals surface area contributed by atoms with E-state index in [2.05, 4.69) is 19.2 Å². The van der Waals surface area contributed by atoms with Crippen LogP contribution in [0, 0.1) is 5.92 Å². The predicted molar refractivity (Wildman–Crippen MR) is 62.1 cm³/mol. The summed E-state index contributed by atoms with van der Waals surface area (Å²) >= 11 is 0. The predicted octanol–water partition coefficient (Wildman–Crippen LogP) is 1.82. The molecular formula is C12H25NO2. The van der Waals surface area contributed by atoms with Gasteiger partial charge in [-0.1, -0.05) is 20.3 Å². The van der Waals surface area contributed by atoms with Crippen molar-refractivity contribution in [1.82, 2.24) is 5.32 Å². The topological polar surface area (TPSA) is 30.5 Å². The van der Waals surface area contributed by atoms with Crippen molar-refractivity contribution >= 4 is 0 Å². The Morgan fingerprint density at radius 1 is 1.53 bits per heavy atom. The SMILES string of the molecule is CCC(C)CNCCCOC1CCOC1. The molecule has 1 aliphatic rings. The van der Waals surface area contributed by atoms with Crippen LogP contribution in [0.3, 0.4) is 0 Å². The molecule has 0 aromatic heterocycles. The van der Waals surface area contributed by atoms with Gasteiger partial charge < -0.3 is 14.8 Å². The van der Waals surface area contributed by atoms with Crippen LogP contribution in [0.5, 0.6) is 0 Å². The molecule has 2 unspecified atom stereocenters. The summed E-state index contributed by atoms with van der Waals surface area (Å²) in [6, 6.07) is 0. The van der Waals surface area contributed by atoms with E-state index in [0.717, 1.165) is 51.7 Å². The molecule has 1 N–H and O–H groups in total. The second-order valence-corrected chi connectivity index (χ2v) is 4.43. The van der Waals surface area contributed by atoms with Crippen molar-refractivity contribution in [3.05, 3.63) is 0 Å². The highest BCUT2D eigenvalue weighted by Crippen LogP contribution is 2.07. The second-order valence-electron chi connectivity index (χ2n) is 4.43. The fraction of sp³-hybridized carbons (Fsp3) is 1.00. The van der Waals surface area contributed by atoms with Gasteiger partial charge in [0.25, 0.3) is 0 Å². The van der Waals surface area contributed by atoms with E-state index >= 15 is 0 Å². The van der Waals surface area contributed by atoms with Gasteiger partial charge in [-0.05, 0) is 31.8 Å². The van der Waals surface area contributed by atoms with Crippen LogP contribution < -0.4 is 5.32 Å². The van der Waals surface area contributed by atoms with Crippen LogP contribution in [0.15, 0.2) is 0 Å². The van der Waals surface area contributed by atoms with E-state index in [0.29, 0.717) is 6.10 Å². The first-order valence-corrected chi connectivity index (χ1v) is 6.23. The fourth-order valence-corrected chi connectivity index (χ4v) is 1.58. The summed E-state index contributed by atoms with van der Waals surface area (Å²) in [5.41, 5.74) is 0. The van der Waals surface area contributed by atoms with E-state index in [1.165, 1.54) is 6.42 Å². The van der Waals surface area contributed by atoms with E-state index < -0.39 is 0 Å². The van der Waals surface area contributed by atoms with Crippen LogP contribution >= 0.6 is 0 Å². The van der Waals surface area contributed by atoms with E-state index in [-0.39, 0.29) is 0 Å². The molecule has 1 saturated heterocycles. The number of nitrogens with one attached hydrogen (secondary N) is 1. The van der Waals surface area contributed by atoms with E-state index in [9.17, 15) is 0 Å². The molecule has 0 spiro atoms. The Morgan fingerprint density at radius 2 is 2.40 bits per heavy atom. The second kappa shape index (κ2) is 8.08. The maximum absolute atomic E-state index is 5.67. The minimum atomic E-state index is 0.361. The summed E-state index contributed by atoms with van der Waals surface area (Å²) in [5, 5.41) is 3.45. The minimum Gasteiger partial charge on any atom is -0.379 e. The summed E-state index contributed by atoms with van der Waals surface area (Å²) in [4.78, 5) is 0. The van der Waals surface area contributed by atoms with Gasteiger partial charge in [0.05, 0.1) is 12.7 Å². The van der Waals surface area contributed by atoms with Crippen molar-refractivity contribution in [3.8, 4) is 0 Å². The normalized spacial score (nSPS) is 23.2. The highest BCUT2D eigenvalue weighted by atomic mass is 16.5. The van der Waals surface area contributed by atoms with Crippen molar-refractivity contribution in [2.24, 2.45) is 5.92 Å². The molecule has 15 heavy (non-hydrogen) atoms. The van der Waals surface area contributed by atoms with Crippen molar-refractivity contribution in [2.75, 3.05) is 32.9 Å². The first-order chi connectivity index (χ1) is 7.33. The third kappa shape index (κ3) is 6.13. The van der Waals surface area contributed by atoms with Gasteiger partial charge in [-0.3, -0.25) is 0 Å². The number of hydrogen-bond donors (Lipinski definition) is 1. The lowest BCUT2D eigenvalue weighted by atomic mass is 10.1. The van der Waals surface area contributed by atoms with Crippen LogP contribution in [0.4, 0.5) is 0 Å². The van der Waals surface area contributed by atoms with Gasteiger partial charge in [-0.2, -0.15) is 0 Å². The van der Waals surface area contributed by atoms with Crippen molar-refractivity contribution in [2.45, 2.75) is 39.2 Å². The average Bonchev–Trinajstić information content (AvgIpc) is 2.75. The van der Waals surface area contributed by atoms with Gasteiger partial charge in [0.1, 0.15) is 0 Å². The van der Waals surface area contributed by atoms with E-state index in [4.69, 9.17) is 9.47 Å². The lowest BCUT2D eigenvalue weighted by Gasteiger charge is -2.11. The molecule has 0 aromatic rings. The van der Waals surface area contributed by atoms with Crippen LogP contribution in [0.1, 0.15) is 33.1 Å². The first-order valence-electron chi connectivity index (χ1n) is 6.23. The number of hydrogen-bond acceptors (Lipinski definition) is 3. The van der Waals surface area contributed by atoms with Gasteiger partial charge in [0.2, 0.25) is 0 Å². The molecule has 0 amide bonds. The molecule has 1 aliphatic heterocycles. The standard InChI is InChI=1S/C12H25NO2/c1-3-11(2)9-13-6-4-7-15-12-5-8-14-10-12/h11-13H,3-10H2,1-2H3. The summed E-state index contributed by atoms with van der Waals surface area (Å²) in [7, 11) is 0. The molecule has 1 rings (SSSR count). The van der Waals surface area contributed by atoms with Crippen LogP contribution in [-0.2, 0) is 9.47 Å². The molecule has 0 aliphatic carbocycles. The molecule has 3 nitrogen and oxygen atoms in total. The third-order valence-corrected chi connectivity index (χ3v) is 2.93. The van der Waals surface area contributed by atoms with Crippen molar-refractivity contribution in [3.63, 3.8) is 0 Å². The minimum absolute atomic E-state index is 0.361. The zero-order chi connectivity index (χ0) is 10.9. The molecule has 1 fully saturated rings. The zero-order valence-corrected chi connectivity index (χ0v) is 10.1. The van der Waals surface area contributed by atoms with Crippen LogP contribution in [-0.4, -0.2) is 39.0 Å². The van der Waals surface area contributed by atoms with Gasteiger partial charge in [-0.25, -0.2) is 0 Å². The molecule has 0 aromatic carbocycles. The molecule has 1 heterocycles. The Hall–Kier alpha value is -0.120. The Kier molecular flexibility index (Phi) is 6.98. The fourth-order valence-electron chi connectivity index (χ4n) is 1.58. The molecule has 0 bridgehead atoms. The van der Waals surface area contributed by atoms with Crippen molar-refractivity contribution < 1.29 is 9.47 Å². The molecule has 3 heteroatoms. The molecule has 0 radical (unpaired) electrons. The summed E-state index contributed by atoms with van der Waals surface area (Å²) in [6.45, 7) is 9.23. The number of rotatable bonds is 8. The Labute approximate surface area is 93.5 Å². The molecule has 90 valence electrons. The highest BCUT2D eigenvalue weighted by molar-refractivity contribution is 4.63. The largest absolute Gasteiger partial charge is 0.379 e. The maximum atomic E-state index is 5.67. The summed E-state index contributed by atoms with van der Waals surface area (Å²) < 4.78 is 10.9. The Balaban J connectivity index is 1.80. The monoisotopic (exact) mass is 215 g/mol. The quantitative estimate of drug-likeness (QED) is 0.626. The lowest BCUT2D eigenvalue weighted by molar-refractivity contribution is 0.0415. The number of ether oxygens (including phenoxy) is 2. The van der Waals surface area contributed by atoms with Gasteiger partial charge in [0.15, 0.2) is 0 Å². The van der Waals surface area contributed by atoms with Crippen LogP contribution in [0.2, 0.25) is 0 Å². The summed E-state index contributed by atoms with van der Waals surface area (Å²) in [6.07, 6.45) is 3.79. The van der Waals surface area contributed by atoms with Crippen molar-refractivity contribution in [1.29, 1.82) is 0 Å². The molecular weight excluding hydrogens is 190 g/mol. The maximum Gasteiger partial charge on any atom is 0.0830 e. The first kappa shape index (κ1) is 12.9. The molecule has 2 atom stereocenters. The smallest absolute Gasteiger partial charge is 0.0830 e. The van der Waals surface area contributed by atoms with E-state index in [1.54, 1.807) is 0 Å². The van der Waals surface area contributed by atoms with Gasteiger partial charge in [0, 0.05) is 13.2 Å². The Bertz CT molecular complexity index is 147. The highest BCUT2D eigenvalue weighted by Gasteiger charge is 2.15. The lowest BCUT2D eigenvalue weighted by Crippen LogP contribution is -2.23. The third-order valence-electron chi connectivity index (χ3n) is 2.93. The molecule has 0 saturated carbocycles. The zero-order valence-electron chi connectivity index (χ0n) is 10.1. The van der Waals surface area contributed by atoms with E-state index in [1.807, 2.05) is 0 Å². The van der Waals surface area contributed by atoms with Gasteiger partial charge >= 0.3 is 0 Å². The van der Waals surface area contributed by atoms with Gasteiger partial charge in [-0.15, -0.1) is 0 Å². The summed E-state index contributed by atoms with van der Waals surface area (Å²) in [5.74, 6) is 0.786.